The highest BCUT2D eigenvalue weighted by Gasteiger charge is 2.37. The predicted molar refractivity (Wildman–Crippen MR) is 134 cm³/mol. The van der Waals surface area contributed by atoms with E-state index in [2.05, 4.69) is 0 Å². The van der Waals surface area contributed by atoms with Gasteiger partial charge in [0.1, 0.15) is 15.0 Å². The second-order valence-corrected chi connectivity index (χ2v) is 10.6. The molecule has 1 aliphatic carbocycles. The van der Waals surface area contributed by atoms with E-state index in [1.54, 1.807) is 23.2 Å². The largest absolute Gasteiger partial charge is 0.290 e. The Bertz CT molecular complexity index is 1280. The number of thioether (sulfide) groups is 1. The van der Waals surface area contributed by atoms with Crippen LogP contribution in [0.2, 0.25) is 0 Å². The molecule has 1 saturated carbocycles. The Morgan fingerprint density at radius 1 is 1.03 bits per heavy atom. The van der Waals surface area contributed by atoms with Crippen molar-refractivity contribution in [2.24, 2.45) is 0 Å². The Morgan fingerprint density at radius 2 is 1.78 bits per heavy atom. The van der Waals surface area contributed by atoms with Gasteiger partial charge in [0.25, 0.3) is 11.5 Å². The predicted octanol–water partition coefficient (Wildman–Crippen LogP) is 5.38. The van der Waals surface area contributed by atoms with Gasteiger partial charge in [0, 0.05) is 17.1 Å². The molecule has 0 bridgehead atoms. The molecular formula is C24H21N3O2S3. The van der Waals surface area contributed by atoms with Crippen LogP contribution in [-0.4, -0.2) is 30.6 Å². The van der Waals surface area contributed by atoms with Crippen molar-refractivity contribution in [2.45, 2.75) is 48.1 Å². The highest BCUT2D eigenvalue weighted by Crippen LogP contribution is 2.38. The second-order valence-electron chi connectivity index (χ2n) is 7.82. The van der Waals surface area contributed by atoms with Crippen LogP contribution in [0.4, 0.5) is 0 Å². The molecule has 0 atom stereocenters. The molecule has 32 heavy (non-hydrogen) atoms. The van der Waals surface area contributed by atoms with E-state index in [0.717, 1.165) is 30.6 Å². The number of thiocarbonyl (C=S) groups is 1. The first kappa shape index (κ1) is 21.4. The lowest BCUT2D eigenvalue weighted by Gasteiger charge is -2.29. The normalized spacial score (nSPS) is 18.8. The first-order valence-corrected chi connectivity index (χ1v) is 12.7. The summed E-state index contributed by atoms with van der Waals surface area (Å²) in [6.45, 7) is 0. The third-order valence-corrected chi connectivity index (χ3v) is 8.07. The van der Waals surface area contributed by atoms with Crippen LogP contribution in [-0.2, 0) is 4.79 Å². The summed E-state index contributed by atoms with van der Waals surface area (Å²) in [4.78, 5) is 34.6. The fourth-order valence-electron chi connectivity index (χ4n) is 4.15. The van der Waals surface area contributed by atoms with Crippen molar-refractivity contribution in [2.75, 3.05) is 0 Å². The average Bonchev–Trinajstić information content (AvgIpc) is 3.10. The Morgan fingerprint density at radius 3 is 2.56 bits per heavy atom. The summed E-state index contributed by atoms with van der Waals surface area (Å²) in [5, 5.41) is 0.579. The molecule has 8 heteroatoms. The topological polar surface area (TPSA) is 54.7 Å². The monoisotopic (exact) mass is 479 g/mol. The van der Waals surface area contributed by atoms with Crippen molar-refractivity contribution >= 4 is 57.7 Å². The molecule has 5 rings (SSSR count). The number of amides is 1. The van der Waals surface area contributed by atoms with Crippen LogP contribution in [0, 0.1) is 0 Å². The lowest BCUT2D eigenvalue weighted by molar-refractivity contribution is -0.124. The van der Waals surface area contributed by atoms with Crippen LogP contribution < -0.4 is 5.56 Å². The third-order valence-electron chi connectivity index (χ3n) is 5.73. The molecule has 0 N–H and O–H groups in total. The quantitative estimate of drug-likeness (QED) is 0.285. The van der Waals surface area contributed by atoms with Gasteiger partial charge in [0.2, 0.25) is 0 Å². The lowest BCUT2D eigenvalue weighted by atomic mass is 9.94. The SMILES string of the molecule is O=C1/C(=C\c2c(Sc3ccccc3)nc3ccccn3c2=O)SC(=S)N1C1CCCCC1. The van der Waals surface area contributed by atoms with Crippen molar-refractivity contribution in [1.82, 2.24) is 14.3 Å². The molecule has 1 amide bonds. The number of aromatic nitrogens is 2. The van der Waals surface area contributed by atoms with E-state index in [-0.39, 0.29) is 17.5 Å². The standard InChI is InChI=1S/C24H21N3O2S3/c28-22-18(15-19-23(29)27(24(30)32-19)16-9-3-1-4-10-16)21(31-17-11-5-2-6-12-17)25-20-13-7-8-14-26(20)22/h2,5-8,11-16H,1,3-4,9-10H2/b19-15+. The number of carbonyl (C=O) groups is 1. The number of nitrogens with zero attached hydrogens (tertiary/aromatic N) is 3. The van der Waals surface area contributed by atoms with E-state index < -0.39 is 0 Å². The van der Waals surface area contributed by atoms with Crippen molar-refractivity contribution < 1.29 is 4.79 Å². The lowest BCUT2D eigenvalue weighted by Crippen LogP contribution is -2.39. The zero-order valence-corrected chi connectivity index (χ0v) is 19.7. The zero-order chi connectivity index (χ0) is 22.1. The van der Waals surface area contributed by atoms with Crippen molar-refractivity contribution in [3.63, 3.8) is 0 Å². The van der Waals surface area contributed by atoms with Gasteiger partial charge in [-0.2, -0.15) is 0 Å². The molecule has 0 unspecified atom stereocenters. The minimum Gasteiger partial charge on any atom is -0.290 e. The van der Waals surface area contributed by atoms with Gasteiger partial charge in [-0.05, 0) is 43.2 Å². The van der Waals surface area contributed by atoms with E-state index in [1.807, 2.05) is 42.5 Å². The van der Waals surface area contributed by atoms with Crippen LogP contribution in [0.5, 0.6) is 0 Å². The first-order valence-electron chi connectivity index (χ1n) is 10.6. The highest BCUT2D eigenvalue weighted by atomic mass is 32.2. The van der Waals surface area contributed by atoms with E-state index in [0.29, 0.717) is 25.5 Å². The summed E-state index contributed by atoms with van der Waals surface area (Å²) in [5.74, 6) is -0.0971. The number of pyridine rings is 1. The maximum absolute atomic E-state index is 13.4. The van der Waals surface area contributed by atoms with Crippen LogP contribution in [0.3, 0.4) is 0 Å². The molecule has 0 radical (unpaired) electrons. The Balaban J connectivity index is 1.58. The number of hydrogen-bond acceptors (Lipinski definition) is 6. The molecule has 2 aromatic heterocycles. The fraction of sp³-hybridized carbons (Fsp3) is 0.250. The van der Waals surface area contributed by atoms with Gasteiger partial charge in [-0.15, -0.1) is 0 Å². The number of hydrogen-bond donors (Lipinski definition) is 0. The van der Waals surface area contributed by atoms with Crippen molar-refractivity contribution in [3.05, 3.63) is 75.6 Å². The minimum atomic E-state index is -0.197. The zero-order valence-electron chi connectivity index (χ0n) is 17.3. The smallest absolute Gasteiger partial charge is 0.266 e. The highest BCUT2D eigenvalue weighted by molar-refractivity contribution is 8.26. The number of fused-ring (bicyclic) bond motifs is 1. The van der Waals surface area contributed by atoms with Crippen molar-refractivity contribution in [3.8, 4) is 0 Å². The Hall–Kier alpha value is -2.42. The summed E-state index contributed by atoms with van der Waals surface area (Å²) >= 11 is 8.27. The van der Waals surface area contributed by atoms with E-state index in [4.69, 9.17) is 17.2 Å². The summed E-state index contributed by atoms with van der Waals surface area (Å²) in [6.07, 6.45) is 8.79. The second kappa shape index (κ2) is 9.21. The van der Waals surface area contributed by atoms with Crippen LogP contribution in [0.1, 0.15) is 37.7 Å². The molecule has 2 fully saturated rings. The maximum atomic E-state index is 13.4. The summed E-state index contributed by atoms with van der Waals surface area (Å²) in [7, 11) is 0. The van der Waals surface area contributed by atoms with Crippen LogP contribution in [0.15, 0.2) is 74.3 Å². The summed E-state index contributed by atoms with van der Waals surface area (Å²) in [5.41, 5.74) is 0.784. The molecule has 162 valence electrons. The van der Waals surface area contributed by atoms with E-state index in [1.165, 1.54) is 34.3 Å². The summed E-state index contributed by atoms with van der Waals surface area (Å²) in [6, 6.07) is 15.4. The van der Waals surface area contributed by atoms with Gasteiger partial charge in [0.05, 0.1) is 10.5 Å². The fourth-order valence-corrected chi connectivity index (χ4v) is 6.44. The molecule has 2 aliphatic rings. The number of carbonyl (C=O) groups excluding carboxylic acids is 1. The minimum absolute atomic E-state index is 0.0971. The molecule has 1 saturated heterocycles. The van der Waals surface area contributed by atoms with E-state index in [9.17, 15) is 9.59 Å². The van der Waals surface area contributed by atoms with Gasteiger partial charge < -0.3 is 0 Å². The number of benzene rings is 1. The van der Waals surface area contributed by atoms with Gasteiger partial charge in [0.15, 0.2) is 0 Å². The van der Waals surface area contributed by atoms with Gasteiger partial charge in [-0.3, -0.25) is 18.9 Å². The van der Waals surface area contributed by atoms with Gasteiger partial charge in [-0.25, -0.2) is 4.98 Å². The summed E-state index contributed by atoms with van der Waals surface area (Å²) < 4.78 is 2.10. The molecule has 1 aliphatic heterocycles. The molecule has 1 aromatic carbocycles. The molecule has 0 spiro atoms. The Kier molecular flexibility index (Phi) is 6.17. The number of rotatable bonds is 4. The Labute approximate surface area is 199 Å². The first-order chi connectivity index (χ1) is 15.6. The van der Waals surface area contributed by atoms with Crippen LogP contribution >= 0.6 is 35.7 Å². The van der Waals surface area contributed by atoms with Gasteiger partial charge in [-0.1, -0.05) is 79.3 Å². The third kappa shape index (κ3) is 4.14. The molecular weight excluding hydrogens is 458 g/mol. The maximum Gasteiger partial charge on any atom is 0.266 e. The van der Waals surface area contributed by atoms with Crippen molar-refractivity contribution in [1.29, 1.82) is 0 Å². The van der Waals surface area contributed by atoms with E-state index >= 15 is 0 Å². The average molecular weight is 480 g/mol. The molecule has 3 aromatic rings. The molecule has 5 nitrogen and oxygen atoms in total. The van der Waals surface area contributed by atoms with Gasteiger partial charge >= 0.3 is 0 Å². The molecule has 3 heterocycles. The van der Waals surface area contributed by atoms with Crippen LogP contribution in [0.25, 0.3) is 11.7 Å².